The smallest absolute Gasteiger partial charge is 0.251 e. The molecule has 0 unspecified atom stereocenters. The molecule has 0 saturated carbocycles. The van der Waals surface area contributed by atoms with E-state index in [1.807, 2.05) is 30.3 Å². The van der Waals surface area contributed by atoms with Gasteiger partial charge in [-0.25, -0.2) is 0 Å². The number of nitrogens with one attached hydrogen (secondary N) is 1. The van der Waals surface area contributed by atoms with Gasteiger partial charge in [0.25, 0.3) is 5.91 Å². The molecule has 0 spiro atoms. The monoisotopic (exact) mass is 341 g/mol. The molecule has 0 atom stereocenters. The third kappa shape index (κ3) is 4.18. The van der Waals surface area contributed by atoms with Gasteiger partial charge in [0, 0.05) is 16.1 Å². The van der Waals surface area contributed by atoms with Crippen LogP contribution in [-0.2, 0) is 13.2 Å². The summed E-state index contributed by atoms with van der Waals surface area (Å²) in [5.41, 5.74) is 1.48. The molecule has 0 saturated heterocycles. The van der Waals surface area contributed by atoms with E-state index in [1.54, 1.807) is 36.6 Å². The maximum absolute atomic E-state index is 12.1. The van der Waals surface area contributed by atoms with E-state index in [0.29, 0.717) is 35.2 Å². The first kappa shape index (κ1) is 16.1. The summed E-state index contributed by atoms with van der Waals surface area (Å²) >= 11 is 6.09. The van der Waals surface area contributed by atoms with Crippen molar-refractivity contribution in [1.29, 1.82) is 0 Å². The largest absolute Gasteiger partial charge is 0.489 e. The fourth-order valence-corrected chi connectivity index (χ4v) is 2.35. The van der Waals surface area contributed by atoms with Gasteiger partial charge in [-0.1, -0.05) is 29.8 Å². The third-order valence-electron chi connectivity index (χ3n) is 3.47. The molecule has 3 rings (SSSR count). The zero-order chi connectivity index (χ0) is 16.8. The van der Waals surface area contributed by atoms with Crippen LogP contribution in [0, 0.1) is 0 Å². The maximum Gasteiger partial charge on any atom is 0.251 e. The lowest BCUT2D eigenvalue weighted by atomic mass is 10.2. The minimum absolute atomic E-state index is 0.163. The van der Waals surface area contributed by atoms with Gasteiger partial charge in [-0.2, -0.15) is 0 Å². The normalized spacial score (nSPS) is 10.4. The Hall–Kier alpha value is -2.72. The fraction of sp³-hybridized carbons (Fsp3) is 0.105. The Morgan fingerprint density at radius 1 is 1.04 bits per heavy atom. The van der Waals surface area contributed by atoms with Crippen LogP contribution in [0.15, 0.2) is 71.3 Å². The number of furan rings is 1. The van der Waals surface area contributed by atoms with Gasteiger partial charge in [0.15, 0.2) is 0 Å². The molecule has 0 bridgehead atoms. The zero-order valence-corrected chi connectivity index (χ0v) is 13.6. The Morgan fingerprint density at radius 2 is 1.83 bits per heavy atom. The van der Waals surface area contributed by atoms with Gasteiger partial charge in [0.05, 0.1) is 12.8 Å². The first-order valence-corrected chi connectivity index (χ1v) is 7.87. The number of benzene rings is 2. The van der Waals surface area contributed by atoms with Crippen LogP contribution in [0.1, 0.15) is 21.7 Å². The van der Waals surface area contributed by atoms with Crippen molar-refractivity contribution >= 4 is 17.5 Å². The van der Waals surface area contributed by atoms with Gasteiger partial charge in [0.1, 0.15) is 18.1 Å². The number of amides is 1. The highest BCUT2D eigenvalue weighted by molar-refractivity contribution is 6.31. The molecular weight excluding hydrogens is 326 g/mol. The van der Waals surface area contributed by atoms with Crippen molar-refractivity contribution in [2.45, 2.75) is 13.2 Å². The van der Waals surface area contributed by atoms with Crippen molar-refractivity contribution in [2.75, 3.05) is 0 Å². The molecule has 2 aromatic carbocycles. The highest BCUT2D eigenvalue weighted by Gasteiger charge is 2.07. The predicted molar refractivity (Wildman–Crippen MR) is 92.1 cm³/mol. The van der Waals surface area contributed by atoms with Gasteiger partial charge in [0.2, 0.25) is 0 Å². The lowest BCUT2D eigenvalue weighted by Gasteiger charge is -2.08. The number of rotatable bonds is 6. The number of carbonyl (C=O) groups is 1. The Morgan fingerprint density at radius 3 is 2.54 bits per heavy atom. The quantitative estimate of drug-likeness (QED) is 0.721. The van der Waals surface area contributed by atoms with Gasteiger partial charge < -0.3 is 14.5 Å². The van der Waals surface area contributed by atoms with Gasteiger partial charge in [-0.15, -0.1) is 0 Å². The standard InChI is InChI=1S/C19H16ClNO3/c20-18-6-2-1-4-15(18)13-24-16-9-7-14(8-10-16)19(22)21-12-17-5-3-11-23-17/h1-11H,12-13H2,(H,21,22). The summed E-state index contributed by atoms with van der Waals surface area (Å²) in [6, 6.07) is 18.1. The van der Waals surface area contributed by atoms with E-state index in [-0.39, 0.29) is 5.91 Å². The first-order chi connectivity index (χ1) is 11.7. The van der Waals surface area contributed by atoms with Crippen molar-refractivity contribution in [2.24, 2.45) is 0 Å². The summed E-state index contributed by atoms with van der Waals surface area (Å²) in [6.07, 6.45) is 1.58. The number of halogens is 1. The highest BCUT2D eigenvalue weighted by Crippen LogP contribution is 2.19. The molecule has 1 heterocycles. The molecule has 0 fully saturated rings. The molecule has 5 heteroatoms. The molecule has 0 aliphatic carbocycles. The molecular formula is C19H16ClNO3. The van der Waals surface area contributed by atoms with Crippen LogP contribution in [0.3, 0.4) is 0 Å². The molecule has 0 aliphatic heterocycles. The average molecular weight is 342 g/mol. The Bertz CT molecular complexity index is 798. The van der Waals surface area contributed by atoms with Gasteiger partial charge in [-0.3, -0.25) is 4.79 Å². The molecule has 0 aliphatic rings. The number of hydrogen-bond acceptors (Lipinski definition) is 3. The van der Waals surface area contributed by atoms with Crippen LogP contribution in [0.2, 0.25) is 5.02 Å². The van der Waals surface area contributed by atoms with E-state index in [0.717, 1.165) is 5.56 Å². The molecule has 1 amide bonds. The minimum atomic E-state index is -0.163. The van der Waals surface area contributed by atoms with E-state index in [1.165, 1.54) is 0 Å². The minimum Gasteiger partial charge on any atom is -0.489 e. The van der Waals surface area contributed by atoms with E-state index < -0.39 is 0 Å². The van der Waals surface area contributed by atoms with Gasteiger partial charge >= 0.3 is 0 Å². The summed E-state index contributed by atoms with van der Waals surface area (Å²) in [5, 5.41) is 3.47. The van der Waals surface area contributed by atoms with Crippen LogP contribution in [0.25, 0.3) is 0 Å². The second-order valence-electron chi connectivity index (χ2n) is 5.17. The molecule has 122 valence electrons. The third-order valence-corrected chi connectivity index (χ3v) is 3.84. The molecule has 1 N–H and O–H groups in total. The van der Waals surface area contributed by atoms with E-state index >= 15 is 0 Å². The Labute approximate surface area is 145 Å². The fourth-order valence-electron chi connectivity index (χ4n) is 2.16. The van der Waals surface area contributed by atoms with Crippen molar-refractivity contribution in [3.63, 3.8) is 0 Å². The second kappa shape index (κ2) is 7.70. The lowest BCUT2D eigenvalue weighted by Crippen LogP contribution is -2.22. The second-order valence-corrected chi connectivity index (χ2v) is 5.57. The highest BCUT2D eigenvalue weighted by atomic mass is 35.5. The van der Waals surface area contributed by atoms with Crippen LogP contribution >= 0.6 is 11.6 Å². The molecule has 4 nitrogen and oxygen atoms in total. The molecule has 24 heavy (non-hydrogen) atoms. The maximum atomic E-state index is 12.1. The average Bonchev–Trinajstić information content (AvgIpc) is 3.13. The van der Waals surface area contributed by atoms with Crippen LogP contribution < -0.4 is 10.1 Å². The summed E-state index contributed by atoms with van der Waals surface area (Å²) in [5.74, 6) is 1.23. The Balaban J connectivity index is 1.55. The van der Waals surface area contributed by atoms with Crippen LogP contribution in [0.4, 0.5) is 0 Å². The van der Waals surface area contributed by atoms with E-state index in [9.17, 15) is 4.79 Å². The SMILES string of the molecule is O=C(NCc1ccco1)c1ccc(OCc2ccccc2Cl)cc1. The van der Waals surface area contributed by atoms with Crippen LogP contribution in [0.5, 0.6) is 5.75 Å². The van der Waals surface area contributed by atoms with Crippen molar-refractivity contribution in [3.8, 4) is 5.75 Å². The van der Waals surface area contributed by atoms with Crippen molar-refractivity contribution < 1.29 is 13.9 Å². The van der Waals surface area contributed by atoms with Gasteiger partial charge in [-0.05, 0) is 42.5 Å². The van der Waals surface area contributed by atoms with Crippen molar-refractivity contribution in [1.82, 2.24) is 5.32 Å². The number of ether oxygens (including phenoxy) is 1. The summed E-state index contributed by atoms with van der Waals surface area (Å²) < 4.78 is 10.9. The molecule has 1 aromatic heterocycles. The predicted octanol–water partition coefficient (Wildman–Crippen LogP) is 4.44. The topological polar surface area (TPSA) is 51.5 Å². The summed E-state index contributed by atoms with van der Waals surface area (Å²) in [6.45, 7) is 0.736. The molecule has 3 aromatic rings. The van der Waals surface area contributed by atoms with E-state index in [4.69, 9.17) is 20.8 Å². The van der Waals surface area contributed by atoms with Crippen molar-refractivity contribution in [3.05, 3.63) is 88.8 Å². The molecule has 0 radical (unpaired) electrons. The lowest BCUT2D eigenvalue weighted by molar-refractivity contribution is 0.0948. The number of carbonyl (C=O) groups excluding carboxylic acids is 1. The zero-order valence-electron chi connectivity index (χ0n) is 12.9. The summed E-state index contributed by atoms with van der Waals surface area (Å²) in [7, 11) is 0. The van der Waals surface area contributed by atoms with E-state index in [2.05, 4.69) is 5.32 Å². The summed E-state index contributed by atoms with van der Waals surface area (Å²) in [4.78, 5) is 12.1. The first-order valence-electron chi connectivity index (χ1n) is 7.49. The Kier molecular flexibility index (Phi) is 5.18. The number of hydrogen-bond donors (Lipinski definition) is 1. The van der Waals surface area contributed by atoms with Crippen LogP contribution in [-0.4, -0.2) is 5.91 Å².